The van der Waals surface area contributed by atoms with Gasteiger partial charge in [0, 0.05) is 11.7 Å². The first-order valence-electron chi connectivity index (χ1n) is 5.83. The molecule has 0 N–H and O–H groups in total. The smallest absolute Gasteiger partial charge is 0.141 e. The third-order valence-corrected chi connectivity index (χ3v) is 2.65. The van der Waals surface area contributed by atoms with Crippen LogP contribution in [0.4, 0.5) is 10.5 Å². The van der Waals surface area contributed by atoms with E-state index < -0.39 is 6.09 Å². The zero-order valence-corrected chi connectivity index (χ0v) is 10.5. The van der Waals surface area contributed by atoms with Gasteiger partial charge >= 0.3 is 0 Å². The molecule has 0 aliphatic rings. The third kappa shape index (κ3) is 3.37. The van der Waals surface area contributed by atoms with E-state index in [2.05, 4.69) is 0 Å². The number of ether oxygens (including phenoxy) is 1. The average molecular weight is 236 g/mol. The van der Waals surface area contributed by atoms with Gasteiger partial charge < -0.3 is 19.5 Å². The summed E-state index contributed by atoms with van der Waals surface area (Å²) in [5.74, 6) is 0.735. The predicted molar refractivity (Wildman–Crippen MR) is 65.2 cm³/mol. The van der Waals surface area contributed by atoms with Gasteiger partial charge in [0.05, 0.1) is 6.61 Å². The summed E-state index contributed by atoms with van der Waals surface area (Å²) in [6.07, 6.45) is -0.440. The molecule has 4 heteroatoms. The number of hydrogen-bond acceptors (Lipinski definition) is 3. The van der Waals surface area contributed by atoms with E-state index in [0.29, 0.717) is 12.3 Å². The van der Waals surface area contributed by atoms with Crippen molar-refractivity contribution in [2.45, 2.75) is 33.2 Å². The molecule has 17 heavy (non-hydrogen) atoms. The van der Waals surface area contributed by atoms with E-state index in [1.807, 2.05) is 20.8 Å². The van der Waals surface area contributed by atoms with Crippen molar-refractivity contribution in [1.29, 1.82) is 0 Å². The van der Waals surface area contributed by atoms with E-state index in [0.717, 1.165) is 12.2 Å². The zero-order chi connectivity index (χ0) is 12.8. The molecule has 1 amide bonds. The molecule has 1 aromatic rings. The lowest BCUT2D eigenvalue weighted by Gasteiger charge is -2.31. The number of carboxylic acid groups (broad SMARTS) is 1. The van der Waals surface area contributed by atoms with Crippen molar-refractivity contribution < 1.29 is 14.6 Å². The fraction of sp³-hybridized carbons (Fsp3) is 0.462. The number of hydrogen-bond donors (Lipinski definition) is 0. The molecule has 1 unspecified atom stereocenters. The van der Waals surface area contributed by atoms with Crippen LogP contribution in [0.5, 0.6) is 5.75 Å². The predicted octanol–water partition coefficient (Wildman–Crippen LogP) is 2.03. The van der Waals surface area contributed by atoms with E-state index in [4.69, 9.17) is 4.74 Å². The molecule has 0 aromatic heterocycles. The quantitative estimate of drug-likeness (QED) is 0.786. The Morgan fingerprint density at radius 2 is 1.94 bits per heavy atom. The number of anilines is 1. The van der Waals surface area contributed by atoms with Crippen molar-refractivity contribution in [3.8, 4) is 5.75 Å². The number of amides is 1. The molecular weight excluding hydrogens is 218 g/mol. The van der Waals surface area contributed by atoms with Crippen LogP contribution in [0, 0.1) is 0 Å². The number of rotatable bonds is 5. The number of nitrogens with zero attached hydrogens (tertiary/aromatic N) is 1. The maximum Gasteiger partial charge on any atom is 0.141 e. The van der Waals surface area contributed by atoms with E-state index in [9.17, 15) is 9.90 Å². The normalized spacial score (nSPS) is 11.9. The summed E-state index contributed by atoms with van der Waals surface area (Å²) in [5, 5.41) is 11.1. The van der Waals surface area contributed by atoms with Crippen LogP contribution in [0.15, 0.2) is 24.3 Å². The Kier molecular flexibility index (Phi) is 4.82. The van der Waals surface area contributed by atoms with Gasteiger partial charge in [-0.3, -0.25) is 0 Å². The molecule has 0 fully saturated rings. The highest BCUT2D eigenvalue weighted by atomic mass is 16.5. The Balaban J connectivity index is 2.91. The van der Waals surface area contributed by atoms with E-state index in [1.54, 1.807) is 24.3 Å². The van der Waals surface area contributed by atoms with Gasteiger partial charge in [0.2, 0.25) is 0 Å². The third-order valence-electron chi connectivity index (χ3n) is 2.65. The number of carbonyl (C=O) groups excluding carboxylic acids is 1. The molecule has 4 nitrogen and oxygen atoms in total. The zero-order valence-electron chi connectivity index (χ0n) is 10.5. The van der Waals surface area contributed by atoms with Gasteiger partial charge in [-0.25, -0.2) is 0 Å². The van der Waals surface area contributed by atoms with E-state index in [1.165, 1.54) is 4.90 Å². The highest BCUT2D eigenvalue weighted by Gasteiger charge is 2.13. The second-order valence-corrected chi connectivity index (χ2v) is 3.82. The minimum atomic E-state index is -1.18. The summed E-state index contributed by atoms with van der Waals surface area (Å²) in [5.41, 5.74) is 0.614. The van der Waals surface area contributed by atoms with Crippen LogP contribution in [0.25, 0.3) is 0 Å². The van der Waals surface area contributed by atoms with Gasteiger partial charge in [-0.05, 0) is 44.5 Å². The summed E-state index contributed by atoms with van der Waals surface area (Å²) in [6, 6.07) is 6.88. The van der Waals surface area contributed by atoms with E-state index >= 15 is 0 Å². The first kappa shape index (κ1) is 13.4. The molecule has 0 saturated carbocycles. The minimum Gasteiger partial charge on any atom is -0.530 e. The maximum absolute atomic E-state index is 11.1. The molecule has 0 aliphatic carbocycles. The summed E-state index contributed by atoms with van der Waals surface area (Å²) in [6.45, 7) is 6.29. The van der Waals surface area contributed by atoms with Crippen LogP contribution >= 0.6 is 0 Å². The lowest BCUT2D eigenvalue weighted by Crippen LogP contribution is -2.46. The summed E-state index contributed by atoms with van der Waals surface area (Å²) in [4.78, 5) is 12.4. The first-order chi connectivity index (χ1) is 8.10. The van der Waals surface area contributed by atoms with E-state index in [-0.39, 0.29) is 6.04 Å². The van der Waals surface area contributed by atoms with Crippen LogP contribution in [0.1, 0.15) is 27.2 Å². The van der Waals surface area contributed by atoms with Crippen molar-refractivity contribution in [3.63, 3.8) is 0 Å². The molecule has 94 valence electrons. The molecular formula is C13H18NO3-. The van der Waals surface area contributed by atoms with Gasteiger partial charge in [0.25, 0.3) is 0 Å². The van der Waals surface area contributed by atoms with Crippen LogP contribution < -0.4 is 14.7 Å². The van der Waals surface area contributed by atoms with Gasteiger partial charge in [-0.15, -0.1) is 0 Å². The maximum atomic E-state index is 11.1. The summed E-state index contributed by atoms with van der Waals surface area (Å²) in [7, 11) is 0. The largest absolute Gasteiger partial charge is 0.530 e. The highest BCUT2D eigenvalue weighted by molar-refractivity contribution is 5.85. The molecule has 0 spiro atoms. The van der Waals surface area contributed by atoms with Crippen LogP contribution in [-0.4, -0.2) is 18.7 Å². The first-order valence-corrected chi connectivity index (χ1v) is 5.83. The van der Waals surface area contributed by atoms with Gasteiger partial charge in [0.1, 0.15) is 11.8 Å². The van der Waals surface area contributed by atoms with Crippen molar-refractivity contribution in [1.82, 2.24) is 0 Å². The highest BCUT2D eigenvalue weighted by Crippen LogP contribution is 2.22. The average Bonchev–Trinajstić information content (AvgIpc) is 2.31. The molecule has 0 radical (unpaired) electrons. The molecule has 0 heterocycles. The van der Waals surface area contributed by atoms with Crippen molar-refractivity contribution >= 4 is 11.8 Å². The molecule has 0 saturated heterocycles. The Morgan fingerprint density at radius 3 is 2.35 bits per heavy atom. The SMILES string of the molecule is CCOc1ccc(N(C(=O)[O-])C(C)CC)cc1. The molecule has 0 bridgehead atoms. The Morgan fingerprint density at radius 1 is 1.35 bits per heavy atom. The monoisotopic (exact) mass is 236 g/mol. The molecule has 1 atom stereocenters. The van der Waals surface area contributed by atoms with Crippen molar-refractivity contribution in [2.75, 3.05) is 11.5 Å². The topological polar surface area (TPSA) is 52.6 Å². The van der Waals surface area contributed by atoms with Crippen LogP contribution in [-0.2, 0) is 0 Å². The van der Waals surface area contributed by atoms with Crippen molar-refractivity contribution in [2.24, 2.45) is 0 Å². The lowest BCUT2D eigenvalue weighted by atomic mass is 10.2. The summed E-state index contributed by atoms with van der Waals surface area (Å²) < 4.78 is 5.31. The van der Waals surface area contributed by atoms with Crippen molar-refractivity contribution in [3.05, 3.63) is 24.3 Å². The Hall–Kier alpha value is -1.71. The second kappa shape index (κ2) is 6.13. The number of benzene rings is 1. The Labute approximate surface area is 102 Å². The standard InChI is InChI=1S/C13H19NO3/c1-4-10(3)14(13(15)16)11-6-8-12(9-7-11)17-5-2/h6-10H,4-5H2,1-3H3,(H,15,16)/p-1. The lowest BCUT2D eigenvalue weighted by molar-refractivity contribution is -0.247. The van der Waals surface area contributed by atoms with Gasteiger partial charge in [-0.1, -0.05) is 6.92 Å². The molecule has 1 rings (SSSR count). The van der Waals surface area contributed by atoms with Gasteiger partial charge in [0.15, 0.2) is 0 Å². The van der Waals surface area contributed by atoms with Gasteiger partial charge in [-0.2, -0.15) is 0 Å². The fourth-order valence-corrected chi connectivity index (χ4v) is 1.59. The molecule has 1 aromatic carbocycles. The minimum absolute atomic E-state index is 0.0991. The Bertz CT molecular complexity index is 361. The fourth-order valence-electron chi connectivity index (χ4n) is 1.59. The van der Waals surface area contributed by atoms with Crippen LogP contribution in [0.2, 0.25) is 0 Å². The second-order valence-electron chi connectivity index (χ2n) is 3.82. The summed E-state index contributed by atoms with van der Waals surface area (Å²) >= 11 is 0. The van der Waals surface area contributed by atoms with Crippen LogP contribution in [0.3, 0.4) is 0 Å². The number of carbonyl (C=O) groups is 1. The molecule has 0 aliphatic heterocycles.